The van der Waals surface area contributed by atoms with E-state index in [-0.39, 0.29) is 31.1 Å². The van der Waals surface area contributed by atoms with Crippen molar-refractivity contribution in [1.29, 1.82) is 0 Å². The molecule has 1 atom stereocenters. The van der Waals surface area contributed by atoms with Gasteiger partial charge in [-0.2, -0.15) is 0 Å². The molecule has 0 aromatic carbocycles. The summed E-state index contributed by atoms with van der Waals surface area (Å²) in [6, 6.07) is 0. The molecule has 1 unspecified atom stereocenters. The summed E-state index contributed by atoms with van der Waals surface area (Å²) >= 11 is 0. The van der Waals surface area contributed by atoms with Gasteiger partial charge in [-0.1, -0.05) is 179 Å². The van der Waals surface area contributed by atoms with Gasteiger partial charge in [0, 0.05) is 19.3 Å². The predicted octanol–water partition coefficient (Wildman–Crippen LogP) is 13.4. The van der Waals surface area contributed by atoms with Gasteiger partial charge in [-0.25, -0.2) is 0 Å². The number of carbonyl (C=O) groups is 3. The largest absolute Gasteiger partial charge is 0.462 e. The third-order valence-corrected chi connectivity index (χ3v) is 9.16. The summed E-state index contributed by atoms with van der Waals surface area (Å²) in [6.45, 7) is 6.46. The maximum Gasteiger partial charge on any atom is 0.306 e. The molecule has 0 saturated heterocycles. The molecule has 0 rings (SSSR count). The van der Waals surface area contributed by atoms with Gasteiger partial charge in [0.25, 0.3) is 0 Å². The molecule has 0 radical (unpaired) electrons. The van der Waals surface area contributed by atoms with E-state index < -0.39 is 6.10 Å². The van der Waals surface area contributed by atoms with Gasteiger partial charge in [0.2, 0.25) is 0 Å². The normalized spacial score (nSPS) is 12.3. The van der Waals surface area contributed by atoms with Crippen LogP contribution in [0.4, 0.5) is 0 Å². The molecule has 0 amide bonds. The number of allylic oxidation sites excluding steroid dienone is 6. The lowest BCUT2D eigenvalue weighted by molar-refractivity contribution is -0.167. The van der Waals surface area contributed by atoms with Crippen LogP contribution in [0.25, 0.3) is 0 Å². The maximum absolute atomic E-state index is 12.6. The van der Waals surface area contributed by atoms with Gasteiger partial charge >= 0.3 is 17.9 Å². The van der Waals surface area contributed by atoms with Crippen LogP contribution >= 0.6 is 0 Å². The van der Waals surface area contributed by atoms with Crippen LogP contribution in [-0.4, -0.2) is 37.2 Å². The predicted molar refractivity (Wildman–Crippen MR) is 215 cm³/mol. The number of esters is 3. The van der Waals surface area contributed by atoms with Crippen molar-refractivity contribution in [2.75, 3.05) is 13.2 Å². The second-order valence-corrected chi connectivity index (χ2v) is 14.2. The van der Waals surface area contributed by atoms with E-state index in [4.69, 9.17) is 14.2 Å². The van der Waals surface area contributed by atoms with E-state index in [1.807, 2.05) is 0 Å². The molecule has 0 spiro atoms. The average molecular weight is 717 g/mol. The SMILES string of the molecule is CC/C=C\C/C=C\C/C=C\CCCCCC(=O)OCC(COC(=O)CCCCCCCCCCCC)OC(=O)CCCCCCCCCCCC. The molecule has 296 valence electrons. The van der Waals surface area contributed by atoms with Crippen molar-refractivity contribution in [2.24, 2.45) is 0 Å². The fraction of sp³-hybridized carbons (Fsp3) is 0.800. The molecular weight excluding hydrogens is 636 g/mol. The van der Waals surface area contributed by atoms with Gasteiger partial charge in [0.15, 0.2) is 6.10 Å². The zero-order valence-corrected chi connectivity index (χ0v) is 33.6. The van der Waals surface area contributed by atoms with Crippen LogP contribution in [-0.2, 0) is 28.6 Å². The molecule has 0 aromatic heterocycles. The van der Waals surface area contributed by atoms with E-state index in [0.717, 1.165) is 83.5 Å². The lowest BCUT2D eigenvalue weighted by Gasteiger charge is -2.18. The molecule has 0 aliphatic heterocycles. The summed E-state index contributed by atoms with van der Waals surface area (Å²) in [6.07, 6.45) is 44.1. The summed E-state index contributed by atoms with van der Waals surface area (Å²) in [7, 11) is 0. The Hall–Kier alpha value is -2.37. The van der Waals surface area contributed by atoms with Crippen LogP contribution < -0.4 is 0 Å². The lowest BCUT2D eigenvalue weighted by atomic mass is 10.1. The van der Waals surface area contributed by atoms with Crippen molar-refractivity contribution in [3.05, 3.63) is 36.5 Å². The van der Waals surface area contributed by atoms with Crippen LogP contribution in [0.5, 0.6) is 0 Å². The van der Waals surface area contributed by atoms with Crippen LogP contribution in [0.2, 0.25) is 0 Å². The molecule has 6 nitrogen and oxygen atoms in total. The van der Waals surface area contributed by atoms with Crippen LogP contribution in [0.3, 0.4) is 0 Å². The lowest BCUT2D eigenvalue weighted by Crippen LogP contribution is -2.30. The van der Waals surface area contributed by atoms with Crippen LogP contribution in [0.15, 0.2) is 36.5 Å². The molecule has 0 aliphatic carbocycles. The van der Waals surface area contributed by atoms with Crippen molar-refractivity contribution in [3.63, 3.8) is 0 Å². The third kappa shape index (κ3) is 38.7. The molecule has 0 bridgehead atoms. The zero-order chi connectivity index (χ0) is 37.3. The molecule has 0 saturated carbocycles. The van der Waals surface area contributed by atoms with Crippen molar-refractivity contribution < 1.29 is 28.6 Å². The van der Waals surface area contributed by atoms with Gasteiger partial charge in [-0.3, -0.25) is 14.4 Å². The highest BCUT2D eigenvalue weighted by atomic mass is 16.6. The molecule has 51 heavy (non-hydrogen) atoms. The topological polar surface area (TPSA) is 78.9 Å². The van der Waals surface area contributed by atoms with E-state index in [1.165, 1.54) is 89.9 Å². The Labute approximate surface area is 315 Å². The monoisotopic (exact) mass is 717 g/mol. The van der Waals surface area contributed by atoms with E-state index in [1.54, 1.807) is 0 Å². The van der Waals surface area contributed by atoms with Gasteiger partial charge in [0.1, 0.15) is 13.2 Å². The molecular formula is C45H80O6. The fourth-order valence-corrected chi connectivity index (χ4v) is 5.93. The smallest absolute Gasteiger partial charge is 0.306 e. The first-order valence-corrected chi connectivity index (χ1v) is 21.5. The Balaban J connectivity index is 4.40. The van der Waals surface area contributed by atoms with Crippen molar-refractivity contribution in [3.8, 4) is 0 Å². The minimum absolute atomic E-state index is 0.0788. The van der Waals surface area contributed by atoms with Crippen molar-refractivity contribution >= 4 is 17.9 Å². The Morgan fingerprint density at radius 3 is 1.20 bits per heavy atom. The van der Waals surface area contributed by atoms with Gasteiger partial charge in [0.05, 0.1) is 0 Å². The maximum atomic E-state index is 12.6. The Morgan fingerprint density at radius 1 is 0.412 bits per heavy atom. The Morgan fingerprint density at radius 2 is 0.765 bits per heavy atom. The number of hydrogen-bond donors (Lipinski definition) is 0. The molecule has 0 N–H and O–H groups in total. The quantitative estimate of drug-likeness (QED) is 0.0274. The van der Waals surface area contributed by atoms with E-state index in [2.05, 4.69) is 57.2 Å². The second kappa shape index (κ2) is 40.4. The van der Waals surface area contributed by atoms with Crippen molar-refractivity contribution in [2.45, 2.75) is 219 Å². The third-order valence-electron chi connectivity index (χ3n) is 9.16. The summed E-state index contributed by atoms with van der Waals surface area (Å²) in [5.74, 6) is -0.913. The fourth-order valence-electron chi connectivity index (χ4n) is 5.93. The molecule has 0 aliphatic rings. The van der Waals surface area contributed by atoms with Gasteiger partial charge in [-0.05, 0) is 51.4 Å². The van der Waals surface area contributed by atoms with Gasteiger partial charge in [-0.15, -0.1) is 0 Å². The van der Waals surface area contributed by atoms with E-state index >= 15 is 0 Å². The number of carbonyl (C=O) groups excluding carboxylic acids is 3. The summed E-state index contributed by atoms with van der Waals surface area (Å²) in [4.78, 5) is 37.6. The highest BCUT2D eigenvalue weighted by Gasteiger charge is 2.19. The van der Waals surface area contributed by atoms with Crippen molar-refractivity contribution in [1.82, 2.24) is 0 Å². The summed E-state index contributed by atoms with van der Waals surface area (Å²) in [5, 5.41) is 0. The molecule has 0 heterocycles. The summed E-state index contributed by atoms with van der Waals surface area (Å²) in [5.41, 5.74) is 0. The molecule has 0 fully saturated rings. The second-order valence-electron chi connectivity index (χ2n) is 14.2. The first-order chi connectivity index (χ1) is 25.0. The average Bonchev–Trinajstić information content (AvgIpc) is 3.12. The van der Waals surface area contributed by atoms with E-state index in [9.17, 15) is 14.4 Å². The summed E-state index contributed by atoms with van der Waals surface area (Å²) < 4.78 is 16.6. The standard InChI is InChI=1S/C45H80O6/c1-4-7-10-13-16-19-22-23-24-27-29-32-35-38-44(47)50-41-42(51-45(48)39-36-33-30-26-21-18-15-12-9-6-3)40-49-43(46)37-34-31-28-25-20-17-14-11-8-5-2/h7,10,16,19,23-24,42H,4-6,8-9,11-15,17-18,20-22,25-41H2,1-3H3/b10-7-,19-16-,24-23-. The minimum Gasteiger partial charge on any atom is -0.462 e. The van der Waals surface area contributed by atoms with E-state index in [0.29, 0.717) is 19.3 Å². The van der Waals surface area contributed by atoms with Gasteiger partial charge < -0.3 is 14.2 Å². The number of hydrogen-bond acceptors (Lipinski definition) is 6. The minimum atomic E-state index is -0.775. The molecule has 0 aromatic rings. The highest BCUT2D eigenvalue weighted by molar-refractivity contribution is 5.71. The highest BCUT2D eigenvalue weighted by Crippen LogP contribution is 2.14. The first-order valence-electron chi connectivity index (χ1n) is 21.5. The zero-order valence-electron chi connectivity index (χ0n) is 33.6. The van der Waals surface area contributed by atoms with Crippen LogP contribution in [0, 0.1) is 0 Å². The van der Waals surface area contributed by atoms with Crippen LogP contribution in [0.1, 0.15) is 213 Å². The number of rotatable bonds is 38. The number of unbranched alkanes of at least 4 members (excludes halogenated alkanes) is 21. The Bertz CT molecular complexity index is 876. The Kier molecular flexibility index (Phi) is 38.5. The first kappa shape index (κ1) is 48.6. The molecule has 6 heteroatoms. The number of ether oxygens (including phenoxy) is 3.